The molecule has 0 fully saturated rings. The van der Waals surface area contributed by atoms with Crippen LogP contribution in [0.3, 0.4) is 0 Å². The molecule has 0 nitrogen and oxygen atoms in total. The van der Waals surface area contributed by atoms with Gasteiger partial charge in [0.1, 0.15) is 5.82 Å². The van der Waals surface area contributed by atoms with Crippen molar-refractivity contribution in [1.82, 2.24) is 0 Å². The van der Waals surface area contributed by atoms with E-state index in [1.54, 1.807) is 6.07 Å². The van der Waals surface area contributed by atoms with Crippen LogP contribution in [0.2, 0.25) is 0 Å². The fourth-order valence-corrected chi connectivity index (χ4v) is 3.37. The van der Waals surface area contributed by atoms with Gasteiger partial charge in [-0.05, 0) is 35.4 Å². The molecule has 0 spiro atoms. The minimum absolute atomic E-state index is 0.0468. The summed E-state index contributed by atoms with van der Waals surface area (Å²) in [6.07, 6.45) is 0. The summed E-state index contributed by atoms with van der Waals surface area (Å²) in [4.78, 5) is 0.0468. The van der Waals surface area contributed by atoms with Crippen LogP contribution in [0.5, 0.6) is 0 Å². The SMILES string of the molecule is Fc1ccc(C(Br)c2ccc(Br)cc2)c(Br)c1. The quantitative estimate of drug-likeness (QED) is 0.534. The Labute approximate surface area is 125 Å². The average Bonchev–Trinajstić information content (AvgIpc) is 2.29. The molecule has 0 heterocycles. The van der Waals surface area contributed by atoms with Crippen LogP contribution in [-0.4, -0.2) is 0 Å². The summed E-state index contributed by atoms with van der Waals surface area (Å²) in [5, 5.41) is 0. The molecule has 0 bridgehead atoms. The Kier molecular flexibility index (Phi) is 4.39. The molecule has 0 saturated carbocycles. The second-order valence-corrected chi connectivity index (χ2v) is 6.27. The summed E-state index contributed by atoms with van der Waals surface area (Å²) in [6.45, 7) is 0. The maximum absolute atomic E-state index is 13.0. The van der Waals surface area contributed by atoms with Gasteiger partial charge in [-0.25, -0.2) is 4.39 Å². The van der Waals surface area contributed by atoms with Crippen LogP contribution in [0.4, 0.5) is 4.39 Å². The molecule has 0 N–H and O–H groups in total. The first kappa shape index (κ1) is 13.2. The molecule has 4 heteroatoms. The maximum atomic E-state index is 13.0. The van der Waals surface area contributed by atoms with E-state index >= 15 is 0 Å². The van der Waals surface area contributed by atoms with Crippen LogP contribution in [0.25, 0.3) is 0 Å². The summed E-state index contributed by atoms with van der Waals surface area (Å²) >= 11 is 10.4. The Morgan fingerprint density at radius 1 is 0.941 bits per heavy atom. The summed E-state index contributed by atoms with van der Waals surface area (Å²) in [5.74, 6) is -0.240. The maximum Gasteiger partial charge on any atom is 0.124 e. The highest BCUT2D eigenvalue weighted by Crippen LogP contribution is 2.35. The van der Waals surface area contributed by atoms with Crippen molar-refractivity contribution in [3.05, 3.63) is 68.4 Å². The number of rotatable bonds is 2. The molecule has 2 aromatic carbocycles. The fraction of sp³-hybridized carbons (Fsp3) is 0.0769. The standard InChI is InChI=1S/C13H8Br3F/c14-9-3-1-8(2-4-9)13(16)11-6-5-10(17)7-12(11)15/h1-7,13H. The highest BCUT2D eigenvalue weighted by Gasteiger charge is 2.13. The molecule has 0 aromatic heterocycles. The van der Waals surface area contributed by atoms with Gasteiger partial charge in [-0.3, -0.25) is 0 Å². The number of hydrogen-bond donors (Lipinski definition) is 0. The third kappa shape index (κ3) is 3.18. The van der Waals surface area contributed by atoms with Crippen LogP contribution in [-0.2, 0) is 0 Å². The van der Waals surface area contributed by atoms with Gasteiger partial charge >= 0.3 is 0 Å². The molecule has 1 atom stereocenters. The average molecular weight is 423 g/mol. The molecule has 0 aliphatic heterocycles. The Hall–Kier alpha value is -0.190. The van der Waals surface area contributed by atoms with Crippen molar-refractivity contribution in [2.75, 3.05) is 0 Å². The molecule has 0 saturated heterocycles. The van der Waals surface area contributed by atoms with E-state index in [0.29, 0.717) is 0 Å². The van der Waals surface area contributed by atoms with Gasteiger partial charge < -0.3 is 0 Å². The Morgan fingerprint density at radius 3 is 2.18 bits per heavy atom. The third-order valence-corrected chi connectivity index (χ3v) is 4.64. The van der Waals surface area contributed by atoms with Crippen molar-refractivity contribution >= 4 is 47.8 Å². The lowest BCUT2D eigenvalue weighted by Crippen LogP contribution is -1.94. The Balaban J connectivity index is 2.36. The van der Waals surface area contributed by atoms with E-state index in [-0.39, 0.29) is 10.6 Å². The topological polar surface area (TPSA) is 0 Å². The van der Waals surface area contributed by atoms with Gasteiger partial charge in [-0.2, -0.15) is 0 Å². The molecule has 0 aliphatic carbocycles. The van der Waals surface area contributed by atoms with E-state index in [1.807, 2.05) is 24.3 Å². The molecule has 1 unspecified atom stereocenters. The largest absolute Gasteiger partial charge is 0.207 e. The van der Waals surface area contributed by atoms with Crippen molar-refractivity contribution in [3.63, 3.8) is 0 Å². The molecule has 88 valence electrons. The van der Waals surface area contributed by atoms with Gasteiger partial charge in [0.2, 0.25) is 0 Å². The minimum Gasteiger partial charge on any atom is -0.207 e. The Morgan fingerprint density at radius 2 is 1.59 bits per heavy atom. The normalized spacial score (nSPS) is 12.5. The van der Waals surface area contributed by atoms with E-state index in [1.165, 1.54) is 12.1 Å². The first-order valence-electron chi connectivity index (χ1n) is 4.92. The molecule has 2 rings (SSSR count). The summed E-state index contributed by atoms with van der Waals surface area (Å²) in [7, 11) is 0. The van der Waals surface area contributed by atoms with Gasteiger partial charge in [0.15, 0.2) is 0 Å². The number of hydrogen-bond acceptors (Lipinski definition) is 0. The lowest BCUT2D eigenvalue weighted by molar-refractivity contribution is 0.626. The number of benzene rings is 2. The molecule has 2 aromatic rings. The zero-order valence-corrected chi connectivity index (χ0v) is 13.4. The van der Waals surface area contributed by atoms with Crippen molar-refractivity contribution < 1.29 is 4.39 Å². The molecule has 0 amide bonds. The van der Waals surface area contributed by atoms with Crippen molar-refractivity contribution in [2.45, 2.75) is 4.83 Å². The number of halogens is 4. The van der Waals surface area contributed by atoms with Crippen LogP contribution in [0, 0.1) is 5.82 Å². The molecule has 17 heavy (non-hydrogen) atoms. The minimum atomic E-state index is -0.240. The summed E-state index contributed by atoms with van der Waals surface area (Å²) in [6, 6.07) is 12.7. The van der Waals surface area contributed by atoms with Crippen molar-refractivity contribution in [1.29, 1.82) is 0 Å². The van der Waals surface area contributed by atoms with E-state index in [0.717, 1.165) is 20.1 Å². The monoisotopic (exact) mass is 420 g/mol. The predicted octanol–water partition coefficient (Wildman–Crippen LogP) is 5.84. The van der Waals surface area contributed by atoms with Gasteiger partial charge in [0.25, 0.3) is 0 Å². The van der Waals surface area contributed by atoms with Gasteiger partial charge in [-0.1, -0.05) is 66.0 Å². The molecule has 0 radical (unpaired) electrons. The van der Waals surface area contributed by atoms with Crippen LogP contribution >= 0.6 is 47.8 Å². The summed E-state index contributed by atoms with van der Waals surface area (Å²) < 4.78 is 14.8. The first-order valence-corrected chi connectivity index (χ1v) is 7.42. The first-order chi connectivity index (χ1) is 8.08. The van der Waals surface area contributed by atoms with Gasteiger partial charge in [0.05, 0.1) is 4.83 Å². The van der Waals surface area contributed by atoms with Gasteiger partial charge in [-0.15, -0.1) is 0 Å². The number of alkyl halides is 1. The fourth-order valence-electron chi connectivity index (χ4n) is 1.52. The lowest BCUT2D eigenvalue weighted by atomic mass is 10.1. The van der Waals surface area contributed by atoms with E-state index < -0.39 is 0 Å². The zero-order chi connectivity index (χ0) is 12.4. The van der Waals surface area contributed by atoms with Crippen LogP contribution in [0.1, 0.15) is 16.0 Å². The van der Waals surface area contributed by atoms with E-state index in [2.05, 4.69) is 47.8 Å². The van der Waals surface area contributed by atoms with Crippen molar-refractivity contribution in [3.8, 4) is 0 Å². The second-order valence-electron chi connectivity index (χ2n) is 3.58. The van der Waals surface area contributed by atoms with Crippen LogP contribution < -0.4 is 0 Å². The van der Waals surface area contributed by atoms with E-state index in [9.17, 15) is 4.39 Å². The molecular formula is C13H8Br3F. The molecule has 0 aliphatic rings. The smallest absolute Gasteiger partial charge is 0.124 e. The van der Waals surface area contributed by atoms with Crippen LogP contribution in [0.15, 0.2) is 51.4 Å². The van der Waals surface area contributed by atoms with Crippen molar-refractivity contribution in [2.24, 2.45) is 0 Å². The highest BCUT2D eigenvalue weighted by atomic mass is 79.9. The lowest BCUT2D eigenvalue weighted by Gasteiger charge is -2.12. The zero-order valence-electron chi connectivity index (χ0n) is 8.63. The van der Waals surface area contributed by atoms with E-state index in [4.69, 9.17) is 0 Å². The molecular weight excluding hydrogens is 415 g/mol. The highest BCUT2D eigenvalue weighted by molar-refractivity contribution is 9.11. The predicted molar refractivity (Wildman–Crippen MR) is 79.0 cm³/mol. The van der Waals surface area contributed by atoms with Gasteiger partial charge in [0, 0.05) is 8.95 Å². The third-order valence-electron chi connectivity index (χ3n) is 2.40. The second kappa shape index (κ2) is 5.63. The summed E-state index contributed by atoms with van der Waals surface area (Å²) in [5.41, 5.74) is 2.13. The Bertz CT molecular complexity index is 523.